The molecule has 0 rings (SSSR count). The van der Waals surface area contributed by atoms with Crippen molar-refractivity contribution in [3.05, 3.63) is 0 Å². The van der Waals surface area contributed by atoms with Crippen molar-refractivity contribution in [3.8, 4) is 6.07 Å². The molecule has 0 spiro atoms. The highest BCUT2D eigenvalue weighted by atomic mass is 16.2. The third-order valence-electron chi connectivity index (χ3n) is 1.96. The van der Waals surface area contributed by atoms with Gasteiger partial charge in [0, 0.05) is 25.6 Å². The van der Waals surface area contributed by atoms with Gasteiger partial charge in [-0.1, -0.05) is 6.92 Å². The van der Waals surface area contributed by atoms with Crippen molar-refractivity contribution in [1.29, 1.82) is 5.26 Å². The van der Waals surface area contributed by atoms with Gasteiger partial charge in [0.25, 0.3) is 0 Å². The lowest BCUT2D eigenvalue weighted by Gasteiger charge is -2.22. The van der Waals surface area contributed by atoms with Gasteiger partial charge in [0.15, 0.2) is 0 Å². The van der Waals surface area contributed by atoms with Gasteiger partial charge in [-0.3, -0.25) is 4.79 Å². The van der Waals surface area contributed by atoms with Crippen LogP contribution in [0.3, 0.4) is 0 Å². The second-order valence-corrected chi connectivity index (χ2v) is 2.96. The Hall–Kier alpha value is -1.08. The Labute approximate surface area is 79.3 Å². The number of nitrogens with zero attached hydrogens (tertiary/aromatic N) is 2. The van der Waals surface area contributed by atoms with Crippen LogP contribution in [0.4, 0.5) is 0 Å². The lowest BCUT2D eigenvalue weighted by molar-refractivity contribution is -0.134. The maximum absolute atomic E-state index is 11.5. The number of hydrogen-bond acceptors (Lipinski definition) is 3. The van der Waals surface area contributed by atoms with Gasteiger partial charge in [-0.2, -0.15) is 5.26 Å². The molecule has 1 atom stereocenters. The molecular weight excluding hydrogens is 166 g/mol. The summed E-state index contributed by atoms with van der Waals surface area (Å²) >= 11 is 0. The molecule has 0 aliphatic heterocycles. The first-order chi connectivity index (χ1) is 6.17. The summed E-state index contributed by atoms with van der Waals surface area (Å²) in [4.78, 5) is 13.2. The molecule has 2 N–H and O–H groups in total. The second kappa shape index (κ2) is 6.44. The van der Waals surface area contributed by atoms with Crippen LogP contribution in [0.1, 0.15) is 20.3 Å². The molecule has 1 amide bonds. The van der Waals surface area contributed by atoms with Gasteiger partial charge in [-0.15, -0.1) is 0 Å². The predicted molar refractivity (Wildman–Crippen MR) is 50.7 cm³/mol. The van der Waals surface area contributed by atoms with E-state index in [1.807, 2.05) is 13.0 Å². The maximum atomic E-state index is 11.5. The number of carbonyl (C=O) groups is 1. The molecule has 0 saturated carbocycles. The zero-order valence-electron chi connectivity index (χ0n) is 8.29. The zero-order valence-corrected chi connectivity index (χ0v) is 8.29. The molecule has 0 aliphatic carbocycles. The van der Waals surface area contributed by atoms with Gasteiger partial charge in [0.2, 0.25) is 5.91 Å². The van der Waals surface area contributed by atoms with E-state index in [1.165, 1.54) is 0 Å². The van der Waals surface area contributed by atoms with Gasteiger partial charge in [-0.05, 0) is 6.92 Å². The Morgan fingerprint density at radius 3 is 2.69 bits per heavy atom. The van der Waals surface area contributed by atoms with Crippen molar-refractivity contribution in [2.24, 2.45) is 11.7 Å². The first-order valence-electron chi connectivity index (χ1n) is 4.53. The number of carbonyl (C=O) groups excluding carboxylic acids is 1. The number of nitrogens with two attached hydrogens (primary N) is 1. The third kappa shape index (κ3) is 3.90. The number of hydrogen-bond donors (Lipinski definition) is 1. The lowest BCUT2D eigenvalue weighted by Crippen LogP contribution is -2.38. The molecule has 4 heteroatoms. The molecule has 0 fully saturated rings. The molecule has 0 aliphatic rings. The van der Waals surface area contributed by atoms with E-state index in [1.54, 1.807) is 11.8 Å². The first kappa shape index (κ1) is 11.9. The summed E-state index contributed by atoms with van der Waals surface area (Å²) in [5, 5.41) is 8.38. The van der Waals surface area contributed by atoms with E-state index in [-0.39, 0.29) is 11.8 Å². The Morgan fingerprint density at radius 1 is 1.69 bits per heavy atom. The Morgan fingerprint density at radius 2 is 2.31 bits per heavy atom. The largest absolute Gasteiger partial charge is 0.342 e. The van der Waals surface area contributed by atoms with Crippen molar-refractivity contribution in [2.45, 2.75) is 20.3 Å². The fourth-order valence-corrected chi connectivity index (χ4v) is 1.02. The first-order valence-corrected chi connectivity index (χ1v) is 4.53. The molecule has 0 heterocycles. The molecule has 0 aromatic rings. The fraction of sp³-hybridized carbons (Fsp3) is 0.778. The molecular formula is C9H17N3O. The fourth-order valence-electron chi connectivity index (χ4n) is 1.02. The molecule has 74 valence electrons. The van der Waals surface area contributed by atoms with E-state index in [0.717, 1.165) is 0 Å². The van der Waals surface area contributed by atoms with E-state index in [4.69, 9.17) is 11.0 Å². The molecule has 0 radical (unpaired) electrons. The number of amides is 1. The van der Waals surface area contributed by atoms with E-state index in [9.17, 15) is 4.79 Å². The van der Waals surface area contributed by atoms with Gasteiger partial charge < -0.3 is 10.6 Å². The molecule has 0 aromatic carbocycles. The molecule has 1 unspecified atom stereocenters. The lowest BCUT2D eigenvalue weighted by atomic mass is 10.1. The van der Waals surface area contributed by atoms with E-state index < -0.39 is 0 Å². The molecule has 4 nitrogen and oxygen atoms in total. The Kier molecular flexibility index (Phi) is 5.90. The normalized spacial score (nSPS) is 11.8. The predicted octanol–water partition coefficient (Wildman–Crippen LogP) is 0.343. The number of nitriles is 1. The monoisotopic (exact) mass is 183 g/mol. The quantitative estimate of drug-likeness (QED) is 0.668. The highest BCUT2D eigenvalue weighted by molar-refractivity contribution is 5.78. The van der Waals surface area contributed by atoms with Crippen LogP contribution in [0.15, 0.2) is 0 Å². The van der Waals surface area contributed by atoms with Crippen LogP contribution < -0.4 is 5.73 Å². The number of rotatable bonds is 5. The van der Waals surface area contributed by atoms with Crippen molar-refractivity contribution < 1.29 is 4.79 Å². The third-order valence-corrected chi connectivity index (χ3v) is 1.96. The zero-order chi connectivity index (χ0) is 10.3. The summed E-state index contributed by atoms with van der Waals surface area (Å²) in [6.45, 7) is 5.22. The average molecular weight is 183 g/mol. The molecule has 0 saturated heterocycles. The Balaban J connectivity index is 4.08. The summed E-state index contributed by atoms with van der Waals surface area (Å²) in [6.07, 6.45) is 0.386. The van der Waals surface area contributed by atoms with Crippen LogP contribution in [0.2, 0.25) is 0 Å². The summed E-state index contributed by atoms with van der Waals surface area (Å²) in [6, 6.07) is 2.02. The van der Waals surface area contributed by atoms with Gasteiger partial charge in [-0.25, -0.2) is 0 Å². The average Bonchev–Trinajstić information content (AvgIpc) is 2.17. The highest BCUT2D eigenvalue weighted by Crippen LogP contribution is 2.01. The smallest absolute Gasteiger partial charge is 0.226 e. The van der Waals surface area contributed by atoms with Crippen molar-refractivity contribution in [2.75, 3.05) is 19.6 Å². The van der Waals surface area contributed by atoms with Gasteiger partial charge in [0.05, 0.1) is 12.5 Å². The second-order valence-electron chi connectivity index (χ2n) is 2.96. The maximum Gasteiger partial charge on any atom is 0.226 e. The van der Waals surface area contributed by atoms with E-state index in [0.29, 0.717) is 26.1 Å². The minimum absolute atomic E-state index is 0.0419. The molecule has 0 bridgehead atoms. The molecule has 13 heavy (non-hydrogen) atoms. The van der Waals surface area contributed by atoms with Crippen LogP contribution in [0.25, 0.3) is 0 Å². The summed E-state index contributed by atoms with van der Waals surface area (Å²) in [5.74, 6) is -0.0982. The van der Waals surface area contributed by atoms with Crippen LogP contribution in [-0.2, 0) is 4.79 Å². The van der Waals surface area contributed by atoms with Crippen molar-refractivity contribution in [3.63, 3.8) is 0 Å². The highest BCUT2D eigenvalue weighted by Gasteiger charge is 2.16. The van der Waals surface area contributed by atoms with Crippen LogP contribution in [0, 0.1) is 17.2 Å². The summed E-state index contributed by atoms with van der Waals surface area (Å²) < 4.78 is 0. The Bertz CT molecular complexity index is 198. The minimum Gasteiger partial charge on any atom is -0.342 e. The SMILES string of the molecule is CCN(CCC#N)C(=O)C(C)CN. The van der Waals surface area contributed by atoms with Crippen LogP contribution in [-0.4, -0.2) is 30.4 Å². The molecule has 0 aromatic heterocycles. The van der Waals surface area contributed by atoms with Gasteiger partial charge in [0.1, 0.15) is 0 Å². The van der Waals surface area contributed by atoms with E-state index >= 15 is 0 Å². The van der Waals surface area contributed by atoms with E-state index in [2.05, 4.69) is 0 Å². The topological polar surface area (TPSA) is 70.1 Å². The minimum atomic E-state index is -0.140. The summed E-state index contributed by atoms with van der Waals surface area (Å²) in [5.41, 5.74) is 5.38. The van der Waals surface area contributed by atoms with Crippen LogP contribution in [0.5, 0.6) is 0 Å². The van der Waals surface area contributed by atoms with Gasteiger partial charge >= 0.3 is 0 Å². The standard InChI is InChI=1S/C9H17N3O/c1-3-12(6-4-5-10)9(13)8(2)7-11/h8H,3-4,6-7,11H2,1-2H3. The summed E-state index contributed by atoms with van der Waals surface area (Å²) in [7, 11) is 0. The van der Waals surface area contributed by atoms with Crippen molar-refractivity contribution in [1.82, 2.24) is 4.90 Å². The van der Waals surface area contributed by atoms with Crippen LogP contribution >= 0.6 is 0 Å². The van der Waals surface area contributed by atoms with Crippen molar-refractivity contribution >= 4 is 5.91 Å².